The largest absolute Gasteiger partial charge is 0.311 e. The van der Waals surface area contributed by atoms with Gasteiger partial charge in [0.05, 0.1) is 5.69 Å². The topological polar surface area (TPSA) is 42.0 Å². The number of aryl methyl sites for hydroxylation is 1. The first-order chi connectivity index (χ1) is 7.59. The summed E-state index contributed by atoms with van der Waals surface area (Å²) < 4.78 is 11.1. The number of nitrogens with zero attached hydrogens (tertiary/aromatic N) is 1. The second kappa shape index (κ2) is 6.76. The molecule has 4 heteroatoms. The molecule has 0 saturated carbocycles. The maximum Gasteiger partial charge on any atom is 0.0544 e. The Morgan fingerprint density at radius 1 is 1.50 bits per heavy atom. The lowest BCUT2D eigenvalue weighted by atomic mass is 10.3. The monoisotopic (exact) mass is 240 g/mol. The molecule has 0 bridgehead atoms. The Labute approximate surface area is 100 Å². The van der Waals surface area contributed by atoms with Gasteiger partial charge in [-0.15, -0.1) is 0 Å². The van der Waals surface area contributed by atoms with Gasteiger partial charge in [-0.3, -0.25) is 9.19 Å². The van der Waals surface area contributed by atoms with Crippen molar-refractivity contribution in [3.8, 4) is 0 Å². The zero-order valence-electron chi connectivity index (χ0n) is 10.2. The van der Waals surface area contributed by atoms with E-state index in [1.54, 1.807) is 6.26 Å². The lowest BCUT2D eigenvalue weighted by molar-refractivity contribution is 0.623. The van der Waals surface area contributed by atoms with Gasteiger partial charge < -0.3 is 5.32 Å². The zero-order chi connectivity index (χ0) is 12.0. The van der Waals surface area contributed by atoms with Crippen LogP contribution < -0.4 is 5.32 Å². The Bertz CT molecular complexity index is 355. The third-order valence-corrected chi connectivity index (χ3v) is 3.92. The van der Waals surface area contributed by atoms with Gasteiger partial charge in [0.2, 0.25) is 0 Å². The molecule has 0 saturated heterocycles. The van der Waals surface area contributed by atoms with E-state index in [9.17, 15) is 4.21 Å². The molecule has 0 spiro atoms. The molecule has 90 valence electrons. The van der Waals surface area contributed by atoms with Crippen molar-refractivity contribution in [1.29, 1.82) is 0 Å². The highest BCUT2D eigenvalue weighted by atomic mass is 32.2. The molecule has 0 aliphatic heterocycles. The van der Waals surface area contributed by atoms with E-state index in [0.717, 1.165) is 30.9 Å². The van der Waals surface area contributed by atoms with Crippen molar-refractivity contribution in [2.75, 3.05) is 12.8 Å². The number of rotatable bonds is 6. The van der Waals surface area contributed by atoms with Crippen LogP contribution in [0.4, 0.5) is 0 Å². The van der Waals surface area contributed by atoms with E-state index in [0.29, 0.717) is 0 Å². The van der Waals surface area contributed by atoms with Gasteiger partial charge >= 0.3 is 0 Å². The normalized spacial score (nSPS) is 14.7. The van der Waals surface area contributed by atoms with Gasteiger partial charge in [-0.05, 0) is 32.0 Å². The van der Waals surface area contributed by atoms with E-state index >= 15 is 0 Å². The number of hydrogen-bond donors (Lipinski definition) is 1. The Kier molecular flexibility index (Phi) is 5.63. The van der Waals surface area contributed by atoms with Crippen LogP contribution in [0.25, 0.3) is 0 Å². The fourth-order valence-electron chi connectivity index (χ4n) is 1.39. The maximum absolute atomic E-state index is 11.1. The summed E-state index contributed by atoms with van der Waals surface area (Å²) in [6, 6.07) is 6.02. The number of hydrogen-bond acceptors (Lipinski definition) is 3. The molecule has 0 fully saturated rings. The maximum atomic E-state index is 11.1. The van der Waals surface area contributed by atoms with Crippen LogP contribution in [0.1, 0.15) is 24.7 Å². The fraction of sp³-hybridized carbons (Fsp3) is 0.583. The SMILES string of the molecule is Cc1cccc(CNCCC(C)S(C)=O)n1. The van der Waals surface area contributed by atoms with Crippen molar-refractivity contribution in [1.82, 2.24) is 10.3 Å². The van der Waals surface area contributed by atoms with Gasteiger partial charge in [0, 0.05) is 34.5 Å². The lowest BCUT2D eigenvalue weighted by Gasteiger charge is -2.09. The van der Waals surface area contributed by atoms with Gasteiger partial charge in [0.1, 0.15) is 0 Å². The van der Waals surface area contributed by atoms with Crippen LogP contribution in [0, 0.1) is 6.92 Å². The van der Waals surface area contributed by atoms with Crippen molar-refractivity contribution in [3.63, 3.8) is 0 Å². The summed E-state index contributed by atoms with van der Waals surface area (Å²) in [7, 11) is -0.718. The molecule has 3 nitrogen and oxygen atoms in total. The molecule has 0 aliphatic carbocycles. The predicted octanol–water partition coefficient (Wildman–Crippen LogP) is 1.64. The first kappa shape index (κ1) is 13.3. The third kappa shape index (κ3) is 4.86. The van der Waals surface area contributed by atoms with Crippen molar-refractivity contribution in [3.05, 3.63) is 29.6 Å². The van der Waals surface area contributed by atoms with E-state index in [2.05, 4.69) is 10.3 Å². The summed E-state index contributed by atoms with van der Waals surface area (Å²) >= 11 is 0. The molecule has 2 atom stereocenters. The van der Waals surface area contributed by atoms with Gasteiger partial charge in [0.15, 0.2) is 0 Å². The van der Waals surface area contributed by atoms with Gasteiger partial charge in [-0.1, -0.05) is 13.0 Å². The Morgan fingerprint density at radius 2 is 2.25 bits per heavy atom. The molecule has 16 heavy (non-hydrogen) atoms. The number of pyridine rings is 1. The second-order valence-corrected chi connectivity index (χ2v) is 5.85. The number of nitrogens with one attached hydrogen (secondary N) is 1. The number of aromatic nitrogens is 1. The Morgan fingerprint density at radius 3 is 2.88 bits per heavy atom. The summed E-state index contributed by atoms with van der Waals surface area (Å²) in [5, 5.41) is 3.58. The van der Waals surface area contributed by atoms with Crippen molar-refractivity contribution < 1.29 is 4.21 Å². The highest BCUT2D eigenvalue weighted by Crippen LogP contribution is 1.99. The second-order valence-electron chi connectivity index (χ2n) is 4.04. The third-order valence-electron chi connectivity index (χ3n) is 2.55. The molecule has 1 heterocycles. The molecule has 0 aliphatic rings. The van der Waals surface area contributed by atoms with Crippen LogP contribution in [0.5, 0.6) is 0 Å². The van der Waals surface area contributed by atoms with Gasteiger partial charge in [-0.25, -0.2) is 0 Å². The summed E-state index contributed by atoms with van der Waals surface area (Å²) in [6.07, 6.45) is 2.70. The average molecular weight is 240 g/mol. The molecule has 0 amide bonds. The molecular formula is C12H20N2OS. The highest BCUT2D eigenvalue weighted by molar-refractivity contribution is 7.84. The fourth-order valence-corrected chi connectivity index (χ4v) is 1.84. The smallest absolute Gasteiger partial charge is 0.0544 e. The van der Waals surface area contributed by atoms with Crippen molar-refractivity contribution in [2.45, 2.75) is 32.1 Å². The van der Waals surface area contributed by atoms with Gasteiger partial charge in [-0.2, -0.15) is 0 Å². The molecule has 1 rings (SSSR count). The summed E-state index contributed by atoms with van der Waals surface area (Å²) in [5.74, 6) is 0. The van der Waals surface area contributed by atoms with Crippen molar-refractivity contribution in [2.24, 2.45) is 0 Å². The summed E-state index contributed by atoms with van der Waals surface area (Å²) in [5.41, 5.74) is 2.10. The quantitative estimate of drug-likeness (QED) is 0.769. The summed E-state index contributed by atoms with van der Waals surface area (Å²) in [4.78, 5) is 4.40. The molecule has 1 N–H and O–H groups in total. The molecule has 0 aromatic carbocycles. The van der Waals surface area contributed by atoms with E-state index in [1.807, 2.05) is 32.0 Å². The molecule has 2 unspecified atom stereocenters. The standard InChI is InChI=1S/C12H20N2OS/c1-10-5-4-6-12(14-10)9-13-8-7-11(2)16(3)15/h4-6,11,13H,7-9H2,1-3H3. The predicted molar refractivity (Wildman–Crippen MR) is 68.8 cm³/mol. The van der Waals surface area contributed by atoms with Crippen LogP contribution in [0.15, 0.2) is 18.2 Å². The minimum atomic E-state index is -0.718. The average Bonchev–Trinajstić information content (AvgIpc) is 2.24. The van der Waals surface area contributed by atoms with Gasteiger partial charge in [0.25, 0.3) is 0 Å². The van der Waals surface area contributed by atoms with E-state index in [-0.39, 0.29) is 5.25 Å². The highest BCUT2D eigenvalue weighted by Gasteiger charge is 2.04. The molecule has 1 aromatic rings. The minimum Gasteiger partial charge on any atom is -0.311 e. The first-order valence-corrected chi connectivity index (χ1v) is 7.17. The Balaban J connectivity index is 2.23. The van der Waals surface area contributed by atoms with E-state index in [1.165, 1.54) is 0 Å². The van der Waals surface area contributed by atoms with Crippen molar-refractivity contribution >= 4 is 10.8 Å². The Hall–Kier alpha value is -0.740. The van der Waals surface area contributed by atoms with E-state index in [4.69, 9.17) is 0 Å². The van der Waals surface area contributed by atoms with Crippen LogP contribution in [-0.2, 0) is 17.3 Å². The van der Waals surface area contributed by atoms with Crippen LogP contribution in [0.2, 0.25) is 0 Å². The molecule has 1 aromatic heterocycles. The zero-order valence-corrected chi connectivity index (χ0v) is 11.0. The van der Waals surface area contributed by atoms with Crippen LogP contribution in [-0.4, -0.2) is 27.2 Å². The minimum absolute atomic E-state index is 0.262. The first-order valence-electron chi connectivity index (χ1n) is 5.55. The lowest BCUT2D eigenvalue weighted by Crippen LogP contribution is -2.21. The van der Waals surface area contributed by atoms with Crippen LogP contribution >= 0.6 is 0 Å². The summed E-state index contributed by atoms with van der Waals surface area (Å²) in [6.45, 7) is 5.68. The van der Waals surface area contributed by atoms with E-state index < -0.39 is 10.8 Å². The molecule has 0 radical (unpaired) electrons. The van der Waals surface area contributed by atoms with Crippen LogP contribution in [0.3, 0.4) is 0 Å². The molecular weight excluding hydrogens is 220 g/mol.